The van der Waals surface area contributed by atoms with E-state index in [4.69, 9.17) is 9.47 Å². The minimum atomic E-state index is -0.155. The van der Waals surface area contributed by atoms with Crippen molar-refractivity contribution >= 4 is 17.4 Å². The van der Waals surface area contributed by atoms with Gasteiger partial charge in [-0.1, -0.05) is 6.92 Å². The second-order valence-electron chi connectivity index (χ2n) is 6.68. The molecule has 1 saturated heterocycles. The van der Waals surface area contributed by atoms with Gasteiger partial charge in [0.2, 0.25) is 6.79 Å². The predicted molar refractivity (Wildman–Crippen MR) is 100 cm³/mol. The zero-order valence-electron chi connectivity index (χ0n) is 14.9. The van der Waals surface area contributed by atoms with Crippen molar-refractivity contribution in [3.63, 3.8) is 0 Å². The zero-order chi connectivity index (χ0) is 17.9. The minimum absolute atomic E-state index is 0.155. The Morgan fingerprint density at radius 1 is 1.23 bits per heavy atom. The Balaban J connectivity index is 1.51. The Labute approximate surface area is 153 Å². The number of ether oxygens (including phenoxy) is 2. The second-order valence-corrected chi connectivity index (χ2v) is 6.68. The number of benzene rings is 1. The molecule has 1 fully saturated rings. The quantitative estimate of drug-likeness (QED) is 0.905. The molecule has 6 heteroatoms. The Morgan fingerprint density at radius 3 is 3.00 bits per heavy atom. The highest BCUT2D eigenvalue weighted by molar-refractivity contribution is 6.04. The average molecular weight is 353 g/mol. The smallest absolute Gasteiger partial charge is 0.255 e. The summed E-state index contributed by atoms with van der Waals surface area (Å²) >= 11 is 0. The summed E-state index contributed by atoms with van der Waals surface area (Å²) in [6.45, 7) is 3.42. The van der Waals surface area contributed by atoms with Crippen LogP contribution in [0.4, 0.5) is 11.5 Å². The van der Waals surface area contributed by atoms with Crippen LogP contribution < -0.4 is 19.7 Å². The zero-order valence-corrected chi connectivity index (χ0v) is 14.9. The number of carbonyl (C=O) groups excluding carboxylic acids is 1. The molecule has 0 aliphatic carbocycles. The number of pyridine rings is 1. The molecule has 2 aliphatic rings. The number of fused-ring (bicyclic) bond motifs is 1. The number of carbonyl (C=O) groups is 1. The van der Waals surface area contributed by atoms with E-state index in [-0.39, 0.29) is 12.7 Å². The van der Waals surface area contributed by atoms with Crippen LogP contribution in [0.15, 0.2) is 36.5 Å². The lowest BCUT2D eigenvalue weighted by molar-refractivity contribution is 0.102. The fourth-order valence-electron chi connectivity index (χ4n) is 3.62. The SMILES string of the molecule is CCC1CCCCN1c1cc(C(=O)Nc2ccc3c(c2)OCO3)ccn1. The van der Waals surface area contributed by atoms with Crippen LogP contribution in [0.3, 0.4) is 0 Å². The van der Waals surface area contributed by atoms with Gasteiger partial charge in [-0.25, -0.2) is 4.98 Å². The molecule has 0 bridgehead atoms. The first-order chi connectivity index (χ1) is 12.7. The molecule has 1 aromatic heterocycles. The van der Waals surface area contributed by atoms with Gasteiger partial charge in [0.25, 0.3) is 5.91 Å². The normalized spacial score (nSPS) is 18.7. The summed E-state index contributed by atoms with van der Waals surface area (Å²) in [4.78, 5) is 19.5. The number of anilines is 2. The number of piperidine rings is 1. The van der Waals surface area contributed by atoms with Crippen LogP contribution in [0.2, 0.25) is 0 Å². The molecular formula is C20H23N3O3. The van der Waals surface area contributed by atoms with Gasteiger partial charge in [-0.05, 0) is 49.9 Å². The largest absolute Gasteiger partial charge is 0.454 e. The van der Waals surface area contributed by atoms with Crippen molar-refractivity contribution in [3.8, 4) is 11.5 Å². The van der Waals surface area contributed by atoms with Crippen molar-refractivity contribution < 1.29 is 14.3 Å². The summed E-state index contributed by atoms with van der Waals surface area (Å²) in [5, 5.41) is 2.92. The summed E-state index contributed by atoms with van der Waals surface area (Å²) in [5.74, 6) is 2.08. The monoisotopic (exact) mass is 353 g/mol. The van der Waals surface area contributed by atoms with Crippen molar-refractivity contribution in [2.45, 2.75) is 38.6 Å². The molecule has 1 amide bonds. The van der Waals surface area contributed by atoms with E-state index < -0.39 is 0 Å². The molecule has 6 nitrogen and oxygen atoms in total. The summed E-state index contributed by atoms with van der Waals surface area (Å²) in [6, 6.07) is 9.52. The van der Waals surface area contributed by atoms with Crippen LogP contribution in [0.25, 0.3) is 0 Å². The summed E-state index contributed by atoms with van der Waals surface area (Å²) in [6.07, 6.45) is 6.43. The van der Waals surface area contributed by atoms with Crippen molar-refractivity contribution in [3.05, 3.63) is 42.1 Å². The number of nitrogens with zero attached hydrogens (tertiary/aromatic N) is 2. The Bertz CT molecular complexity index is 809. The molecule has 0 radical (unpaired) electrons. The molecule has 1 atom stereocenters. The maximum absolute atomic E-state index is 12.7. The molecule has 1 aromatic carbocycles. The number of hydrogen-bond acceptors (Lipinski definition) is 5. The number of hydrogen-bond donors (Lipinski definition) is 1. The number of nitrogens with one attached hydrogen (secondary N) is 1. The van der Waals surface area contributed by atoms with Gasteiger partial charge in [0.05, 0.1) is 0 Å². The minimum Gasteiger partial charge on any atom is -0.454 e. The molecule has 1 N–H and O–H groups in total. The molecular weight excluding hydrogens is 330 g/mol. The van der Waals surface area contributed by atoms with Crippen LogP contribution in [0.1, 0.15) is 43.0 Å². The highest BCUT2D eigenvalue weighted by atomic mass is 16.7. The van der Waals surface area contributed by atoms with Crippen LogP contribution in [0, 0.1) is 0 Å². The second kappa shape index (κ2) is 7.23. The third-order valence-corrected chi connectivity index (χ3v) is 5.03. The van der Waals surface area contributed by atoms with Gasteiger partial charge < -0.3 is 19.7 Å². The fraction of sp³-hybridized carbons (Fsp3) is 0.400. The van der Waals surface area contributed by atoms with Gasteiger partial charge in [-0.15, -0.1) is 0 Å². The van der Waals surface area contributed by atoms with Crippen LogP contribution in [-0.2, 0) is 0 Å². The third kappa shape index (κ3) is 3.31. The van der Waals surface area contributed by atoms with Gasteiger partial charge in [0.15, 0.2) is 11.5 Å². The topological polar surface area (TPSA) is 63.7 Å². The first-order valence-electron chi connectivity index (χ1n) is 9.18. The number of rotatable bonds is 4. The van der Waals surface area contributed by atoms with Crippen molar-refractivity contribution in [1.29, 1.82) is 0 Å². The highest BCUT2D eigenvalue weighted by Crippen LogP contribution is 2.34. The summed E-state index contributed by atoms with van der Waals surface area (Å²) < 4.78 is 10.7. The summed E-state index contributed by atoms with van der Waals surface area (Å²) in [5.41, 5.74) is 1.29. The Morgan fingerprint density at radius 2 is 2.12 bits per heavy atom. The van der Waals surface area contributed by atoms with Gasteiger partial charge in [0.1, 0.15) is 5.82 Å². The maximum atomic E-state index is 12.7. The molecule has 0 saturated carbocycles. The van der Waals surface area contributed by atoms with Gasteiger partial charge in [-0.3, -0.25) is 4.79 Å². The first kappa shape index (κ1) is 16.7. The van der Waals surface area contributed by atoms with Gasteiger partial charge in [-0.2, -0.15) is 0 Å². The highest BCUT2D eigenvalue weighted by Gasteiger charge is 2.23. The molecule has 26 heavy (non-hydrogen) atoms. The molecule has 4 rings (SSSR count). The third-order valence-electron chi connectivity index (χ3n) is 5.03. The number of aromatic nitrogens is 1. The van der Waals surface area contributed by atoms with E-state index in [9.17, 15) is 4.79 Å². The van der Waals surface area contributed by atoms with Crippen molar-refractivity contribution in [2.24, 2.45) is 0 Å². The lowest BCUT2D eigenvalue weighted by atomic mass is 10.00. The van der Waals surface area contributed by atoms with E-state index >= 15 is 0 Å². The standard InChI is InChI=1S/C20H23N3O3/c1-2-16-5-3-4-10-23(16)19-11-14(8-9-21-19)20(24)22-15-6-7-17-18(12-15)26-13-25-17/h6-9,11-12,16H,2-5,10,13H2,1H3,(H,22,24). The van der Waals surface area contributed by atoms with E-state index in [0.29, 0.717) is 28.8 Å². The molecule has 2 aromatic rings. The Hall–Kier alpha value is -2.76. The fourth-order valence-corrected chi connectivity index (χ4v) is 3.62. The van der Waals surface area contributed by atoms with Gasteiger partial charge >= 0.3 is 0 Å². The molecule has 3 heterocycles. The van der Waals surface area contributed by atoms with Crippen LogP contribution in [0.5, 0.6) is 11.5 Å². The van der Waals surface area contributed by atoms with Crippen LogP contribution >= 0.6 is 0 Å². The average Bonchev–Trinajstić information content (AvgIpc) is 3.16. The van der Waals surface area contributed by atoms with E-state index in [0.717, 1.165) is 18.8 Å². The molecule has 1 unspecified atom stereocenters. The first-order valence-corrected chi connectivity index (χ1v) is 9.18. The molecule has 2 aliphatic heterocycles. The molecule has 136 valence electrons. The van der Waals surface area contributed by atoms with Gasteiger partial charge in [0, 0.05) is 36.1 Å². The lowest BCUT2D eigenvalue weighted by Gasteiger charge is -2.36. The van der Waals surface area contributed by atoms with E-state index in [1.54, 1.807) is 24.4 Å². The Kier molecular flexibility index (Phi) is 4.65. The van der Waals surface area contributed by atoms with E-state index in [1.807, 2.05) is 12.1 Å². The van der Waals surface area contributed by atoms with Crippen LogP contribution in [-0.4, -0.2) is 30.3 Å². The van der Waals surface area contributed by atoms with E-state index in [2.05, 4.69) is 22.1 Å². The summed E-state index contributed by atoms with van der Waals surface area (Å²) in [7, 11) is 0. The van der Waals surface area contributed by atoms with Crippen molar-refractivity contribution in [2.75, 3.05) is 23.6 Å². The maximum Gasteiger partial charge on any atom is 0.255 e. The van der Waals surface area contributed by atoms with E-state index in [1.165, 1.54) is 19.3 Å². The van der Waals surface area contributed by atoms with Crippen molar-refractivity contribution in [1.82, 2.24) is 4.98 Å². The predicted octanol–water partition coefficient (Wildman–Crippen LogP) is 3.83. The lowest BCUT2D eigenvalue weighted by Crippen LogP contribution is -2.39. The number of amides is 1. The molecule has 0 spiro atoms.